The van der Waals surface area contributed by atoms with E-state index >= 15 is 0 Å². The summed E-state index contributed by atoms with van der Waals surface area (Å²) >= 11 is 0. The Kier molecular flexibility index (Phi) is 3.78. The van der Waals surface area contributed by atoms with Crippen molar-refractivity contribution in [3.8, 4) is 5.82 Å². The predicted octanol–water partition coefficient (Wildman–Crippen LogP) is 2.72. The fraction of sp³-hybridized carbons (Fsp3) is 0.222. The fourth-order valence-electron chi connectivity index (χ4n) is 3.24. The number of rotatable bonds is 3. The molecule has 24 heavy (non-hydrogen) atoms. The van der Waals surface area contributed by atoms with Gasteiger partial charge in [-0.3, -0.25) is 4.79 Å². The second-order valence-electron chi connectivity index (χ2n) is 5.85. The van der Waals surface area contributed by atoms with Gasteiger partial charge in [0.05, 0.1) is 11.6 Å². The molecule has 2 aromatic heterocycles. The van der Waals surface area contributed by atoms with Gasteiger partial charge in [0, 0.05) is 6.20 Å². The summed E-state index contributed by atoms with van der Waals surface area (Å²) in [6.07, 6.45) is 7.60. The first-order chi connectivity index (χ1) is 11.8. The monoisotopic (exact) mass is 319 g/mol. The predicted molar refractivity (Wildman–Crippen MR) is 89.9 cm³/mol. The van der Waals surface area contributed by atoms with Gasteiger partial charge in [0.15, 0.2) is 5.82 Å². The molecule has 0 bridgehead atoms. The molecule has 6 heteroatoms. The van der Waals surface area contributed by atoms with E-state index in [0.717, 1.165) is 24.8 Å². The molecule has 0 fully saturated rings. The Balaban J connectivity index is 1.62. The van der Waals surface area contributed by atoms with E-state index in [1.807, 2.05) is 18.2 Å². The maximum atomic E-state index is 12.9. The number of amides is 1. The van der Waals surface area contributed by atoms with Crippen molar-refractivity contribution in [1.29, 1.82) is 0 Å². The van der Waals surface area contributed by atoms with Crippen LogP contribution in [-0.2, 0) is 11.2 Å². The number of carbonyl (C=O) groups excluding carboxylic acids is 1. The minimum absolute atomic E-state index is 0.00323. The zero-order valence-corrected chi connectivity index (χ0v) is 13.1. The lowest BCUT2D eigenvalue weighted by Crippen LogP contribution is -2.25. The first-order valence-corrected chi connectivity index (χ1v) is 8.01. The van der Waals surface area contributed by atoms with Crippen LogP contribution < -0.4 is 5.32 Å². The molecule has 2 heterocycles. The average Bonchev–Trinajstić information content (AvgIpc) is 3.16. The summed E-state index contributed by atoms with van der Waals surface area (Å²) in [7, 11) is 0. The molecule has 120 valence electrons. The molecule has 1 aliphatic rings. The lowest BCUT2D eigenvalue weighted by Gasteiger charge is -2.24. The van der Waals surface area contributed by atoms with Crippen LogP contribution >= 0.6 is 0 Å². The summed E-state index contributed by atoms with van der Waals surface area (Å²) in [5.74, 6) is 0.433. The van der Waals surface area contributed by atoms with Crippen molar-refractivity contribution >= 4 is 11.6 Å². The van der Waals surface area contributed by atoms with Crippen LogP contribution in [0.15, 0.2) is 55.2 Å². The van der Waals surface area contributed by atoms with Crippen molar-refractivity contribution in [3.05, 3.63) is 66.4 Å². The second-order valence-corrected chi connectivity index (χ2v) is 5.85. The molecule has 3 aromatic rings. The summed E-state index contributed by atoms with van der Waals surface area (Å²) < 4.78 is 1.55. The molecule has 1 aromatic carbocycles. The van der Waals surface area contributed by atoms with Crippen LogP contribution in [0, 0.1) is 0 Å². The maximum absolute atomic E-state index is 12.9. The Hall–Kier alpha value is -3.02. The van der Waals surface area contributed by atoms with E-state index in [0.29, 0.717) is 11.5 Å². The molecule has 0 aliphatic heterocycles. The van der Waals surface area contributed by atoms with Crippen molar-refractivity contribution in [2.75, 3.05) is 5.32 Å². The van der Waals surface area contributed by atoms with Gasteiger partial charge in [0.1, 0.15) is 12.7 Å². The van der Waals surface area contributed by atoms with E-state index in [2.05, 4.69) is 32.5 Å². The molecular formula is C18H17N5O. The molecule has 0 spiro atoms. The maximum Gasteiger partial charge on any atom is 0.232 e. The highest BCUT2D eigenvalue weighted by atomic mass is 16.1. The molecule has 1 amide bonds. The minimum atomic E-state index is -0.126. The summed E-state index contributed by atoms with van der Waals surface area (Å²) in [5.41, 5.74) is 3.04. The SMILES string of the molecule is O=C(Nc1cccnc1-n1cncn1)C1CCCc2ccccc21. The van der Waals surface area contributed by atoms with Crippen LogP contribution in [0.4, 0.5) is 5.69 Å². The van der Waals surface area contributed by atoms with E-state index < -0.39 is 0 Å². The number of nitrogens with one attached hydrogen (secondary N) is 1. The summed E-state index contributed by atoms with van der Waals surface area (Å²) in [6.45, 7) is 0. The van der Waals surface area contributed by atoms with E-state index in [4.69, 9.17) is 0 Å². The Labute approximate surface area is 139 Å². The number of anilines is 1. The fourth-order valence-corrected chi connectivity index (χ4v) is 3.24. The van der Waals surface area contributed by atoms with Crippen molar-refractivity contribution < 1.29 is 4.79 Å². The van der Waals surface area contributed by atoms with Crippen LogP contribution in [0.2, 0.25) is 0 Å². The van der Waals surface area contributed by atoms with Gasteiger partial charge in [-0.25, -0.2) is 14.6 Å². The number of nitrogens with zero attached hydrogens (tertiary/aromatic N) is 4. The number of pyridine rings is 1. The highest BCUT2D eigenvalue weighted by molar-refractivity contribution is 5.97. The zero-order valence-electron chi connectivity index (χ0n) is 13.1. The summed E-state index contributed by atoms with van der Waals surface area (Å²) in [5, 5.41) is 7.11. The smallest absolute Gasteiger partial charge is 0.232 e. The normalized spacial score (nSPS) is 16.4. The number of fused-ring (bicyclic) bond motifs is 1. The van der Waals surface area contributed by atoms with Crippen molar-refractivity contribution in [2.45, 2.75) is 25.2 Å². The third kappa shape index (κ3) is 2.67. The molecule has 1 unspecified atom stereocenters. The number of carbonyl (C=O) groups is 1. The molecular weight excluding hydrogens is 302 g/mol. The van der Waals surface area contributed by atoms with Gasteiger partial charge < -0.3 is 5.32 Å². The lowest BCUT2D eigenvalue weighted by molar-refractivity contribution is -0.117. The number of hydrogen-bond acceptors (Lipinski definition) is 4. The zero-order chi connectivity index (χ0) is 16.4. The van der Waals surface area contributed by atoms with Gasteiger partial charge in [-0.05, 0) is 42.5 Å². The average molecular weight is 319 g/mol. The van der Waals surface area contributed by atoms with Crippen molar-refractivity contribution in [2.24, 2.45) is 0 Å². The van der Waals surface area contributed by atoms with Crippen LogP contribution in [0.5, 0.6) is 0 Å². The van der Waals surface area contributed by atoms with E-state index in [-0.39, 0.29) is 11.8 Å². The Morgan fingerprint density at radius 3 is 3.00 bits per heavy atom. The van der Waals surface area contributed by atoms with Crippen LogP contribution in [0.1, 0.15) is 29.9 Å². The standard InChI is InChI=1S/C18H17N5O/c24-18(15-8-3-6-13-5-1-2-7-14(13)15)22-16-9-4-10-20-17(16)23-12-19-11-21-23/h1-2,4-5,7,9-12,15H,3,6,8H2,(H,22,24). The number of aryl methyl sites for hydroxylation is 1. The van der Waals surface area contributed by atoms with Gasteiger partial charge in [0.25, 0.3) is 0 Å². The second kappa shape index (κ2) is 6.23. The van der Waals surface area contributed by atoms with Gasteiger partial charge in [-0.2, -0.15) is 5.10 Å². The largest absolute Gasteiger partial charge is 0.322 e. The molecule has 1 aliphatic carbocycles. The van der Waals surface area contributed by atoms with E-state index in [9.17, 15) is 4.79 Å². The first kappa shape index (κ1) is 14.6. The van der Waals surface area contributed by atoms with Gasteiger partial charge in [0.2, 0.25) is 5.91 Å². The molecule has 0 saturated carbocycles. The molecule has 0 saturated heterocycles. The highest BCUT2D eigenvalue weighted by Crippen LogP contribution is 2.32. The Morgan fingerprint density at radius 2 is 2.12 bits per heavy atom. The summed E-state index contributed by atoms with van der Waals surface area (Å²) in [6, 6.07) is 11.8. The molecule has 1 atom stereocenters. The van der Waals surface area contributed by atoms with Crippen LogP contribution in [-0.4, -0.2) is 25.7 Å². The van der Waals surface area contributed by atoms with E-state index in [1.54, 1.807) is 23.3 Å². The lowest BCUT2D eigenvalue weighted by atomic mass is 9.82. The quantitative estimate of drug-likeness (QED) is 0.805. The highest BCUT2D eigenvalue weighted by Gasteiger charge is 2.26. The minimum Gasteiger partial charge on any atom is -0.322 e. The molecule has 1 N–H and O–H groups in total. The third-order valence-corrected chi connectivity index (χ3v) is 4.37. The van der Waals surface area contributed by atoms with Gasteiger partial charge in [-0.15, -0.1) is 0 Å². The number of hydrogen-bond donors (Lipinski definition) is 1. The number of aromatic nitrogens is 4. The summed E-state index contributed by atoms with van der Waals surface area (Å²) in [4.78, 5) is 21.1. The topological polar surface area (TPSA) is 72.7 Å². The molecule has 6 nitrogen and oxygen atoms in total. The van der Waals surface area contributed by atoms with Crippen molar-refractivity contribution in [1.82, 2.24) is 19.7 Å². The van der Waals surface area contributed by atoms with Gasteiger partial charge in [-0.1, -0.05) is 24.3 Å². The first-order valence-electron chi connectivity index (χ1n) is 8.01. The third-order valence-electron chi connectivity index (χ3n) is 4.37. The molecule has 4 rings (SSSR count). The Morgan fingerprint density at radius 1 is 1.21 bits per heavy atom. The number of benzene rings is 1. The van der Waals surface area contributed by atoms with Crippen LogP contribution in [0.25, 0.3) is 5.82 Å². The van der Waals surface area contributed by atoms with E-state index in [1.165, 1.54) is 11.9 Å². The Bertz CT molecular complexity index is 859. The van der Waals surface area contributed by atoms with Crippen molar-refractivity contribution in [3.63, 3.8) is 0 Å². The van der Waals surface area contributed by atoms with Gasteiger partial charge >= 0.3 is 0 Å². The molecule has 0 radical (unpaired) electrons. The van der Waals surface area contributed by atoms with Crippen LogP contribution in [0.3, 0.4) is 0 Å².